The largest absolute Gasteiger partial charge is 0.376 e. The minimum Gasteiger partial charge on any atom is -0.376 e. The zero-order valence-electron chi connectivity index (χ0n) is 28.8. The fourth-order valence-corrected chi connectivity index (χ4v) is 8.20. The number of nitrogens with zero attached hydrogens (tertiary/aromatic N) is 3. The third kappa shape index (κ3) is 10.6. The number of nitrogens with one attached hydrogen (secondary N) is 3. The molecule has 3 N–H and O–H groups in total. The molecule has 0 spiro atoms. The van der Waals surface area contributed by atoms with Gasteiger partial charge in [-0.15, -0.1) is 11.8 Å². The molecule has 15 heteroatoms. The van der Waals surface area contributed by atoms with Crippen molar-refractivity contribution in [3.8, 4) is 0 Å². The number of rotatable bonds is 15. The van der Waals surface area contributed by atoms with Gasteiger partial charge in [-0.1, -0.05) is 30.3 Å². The Labute approximate surface area is 316 Å². The molecule has 12 nitrogen and oxygen atoms in total. The molecule has 5 rings (SSSR count). The number of carbonyl (C=O) groups is 2. The Morgan fingerprint density at radius 1 is 0.962 bits per heavy atom. The van der Waals surface area contributed by atoms with Gasteiger partial charge in [-0.3, -0.25) is 19.7 Å². The topological polar surface area (TPSA) is 154 Å². The number of benzene rings is 4. The van der Waals surface area contributed by atoms with Crippen LogP contribution in [0.25, 0.3) is 0 Å². The second-order valence-electron chi connectivity index (χ2n) is 12.7. The van der Waals surface area contributed by atoms with Crippen LogP contribution in [0.5, 0.6) is 0 Å². The van der Waals surface area contributed by atoms with Crippen molar-refractivity contribution in [1.82, 2.24) is 14.9 Å². The molecule has 52 heavy (non-hydrogen) atoms. The normalized spacial score (nSPS) is 14.1. The highest BCUT2D eigenvalue weighted by Crippen LogP contribution is 2.30. The van der Waals surface area contributed by atoms with Gasteiger partial charge in [0.05, 0.1) is 15.4 Å². The molecule has 0 saturated carbocycles. The highest BCUT2D eigenvalue weighted by Gasteiger charge is 2.26. The number of amides is 2. The van der Waals surface area contributed by atoms with E-state index in [0.717, 1.165) is 40.5 Å². The maximum atomic E-state index is 13.3. The second kappa shape index (κ2) is 17.9. The quantitative estimate of drug-likeness (QED) is 0.0699. The van der Waals surface area contributed by atoms with Crippen LogP contribution in [0.1, 0.15) is 40.0 Å². The van der Waals surface area contributed by atoms with Gasteiger partial charge < -0.3 is 20.4 Å². The standard InChI is InChI=1S/C37H41BrN6O6S2/c1-42(2)21-18-28(25-51-30-8-4-3-5-9-30)39-34-17-16-31(24-35(34)44(47)48)52(49,50)41-36(45)26-12-14-29(15-13-26)43-22-19-27(20-23-43)40-37(46)32-10-6-7-11-33(32)38/h3-17,24,27-28,39H,18-23,25H2,1-2H3,(H,40,46)(H,41,45). The van der Waals surface area contributed by atoms with E-state index in [-0.39, 0.29) is 29.2 Å². The first-order valence-corrected chi connectivity index (χ1v) is 20.0. The third-order valence-corrected chi connectivity index (χ3v) is 11.8. The number of halogens is 1. The molecule has 274 valence electrons. The molecule has 0 aromatic heterocycles. The molecule has 1 unspecified atom stereocenters. The van der Waals surface area contributed by atoms with Gasteiger partial charge in [-0.05, 0) is 116 Å². The molecule has 0 radical (unpaired) electrons. The summed E-state index contributed by atoms with van der Waals surface area (Å²) in [4.78, 5) is 42.1. The third-order valence-electron chi connectivity index (χ3n) is 8.63. The molecular weight excluding hydrogens is 768 g/mol. The van der Waals surface area contributed by atoms with Gasteiger partial charge in [-0.2, -0.15) is 0 Å². The van der Waals surface area contributed by atoms with Crippen LogP contribution in [-0.4, -0.2) is 81.6 Å². The zero-order chi connectivity index (χ0) is 37.3. The van der Waals surface area contributed by atoms with Crippen LogP contribution in [-0.2, 0) is 10.0 Å². The molecule has 1 heterocycles. The summed E-state index contributed by atoms with van der Waals surface area (Å²) in [5.74, 6) is -0.351. The van der Waals surface area contributed by atoms with Crippen LogP contribution in [0.3, 0.4) is 0 Å². The smallest absolute Gasteiger partial charge is 0.293 e. The molecule has 4 aromatic carbocycles. The van der Waals surface area contributed by atoms with Crippen molar-refractivity contribution in [3.05, 3.63) is 123 Å². The number of anilines is 2. The monoisotopic (exact) mass is 808 g/mol. The Morgan fingerprint density at radius 2 is 1.63 bits per heavy atom. The minimum absolute atomic E-state index is 0.0231. The lowest BCUT2D eigenvalue weighted by atomic mass is 10.0. The van der Waals surface area contributed by atoms with E-state index in [1.165, 1.54) is 24.3 Å². The van der Waals surface area contributed by atoms with Gasteiger partial charge in [0.1, 0.15) is 5.69 Å². The minimum atomic E-state index is -4.44. The Bertz CT molecular complexity index is 1970. The van der Waals surface area contributed by atoms with Crippen LogP contribution >= 0.6 is 27.7 Å². The lowest BCUT2D eigenvalue weighted by molar-refractivity contribution is -0.384. The molecular formula is C37H41BrN6O6S2. The van der Waals surface area contributed by atoms with Gasteiger partial charge in [0.2, 0.25) is 0 Å². The van der Waals surface area contributed by atoms with Crippen molar-refractivity contribution >= 4 is 66.6 Å². The van der Waals surface area contributed by atoms with Gasteiger partial charge in [0.25, 0.3) is 27.5 Å². The van der Waals surface area contributed by atoms with Crippen molar-refractivity contribution in [2.75, 3.05) is 49.7 Å². The highest BCUT2D eigenvalue weighted by molar-refractivity contribution is 9.10. The molecule has 4 aromatic rings. The first-order chi connectivity index (χ1) is 24.9. The van der Waals surface area contributed by atoms with Crippen molar-refractivity contribution in [2.45, 2.75) is 41.1 Å². The first-order valence-electron chi connectivity index (χ1n) is 16.7. The predicted molar refractivity (Wildman–Crippen MR) is 209 cm³/mol. The van der Waals surface area contributed by atoms with E-state index < -0.39 is 31.4 Å². The first kappa shape index (κ1) is 38.8. The van der Waals surface area contributed by atoms with Gasteiger partial charge in [0, 0.05) is 57.6 Å². The molecule has 1 fully saturated rings. The van der Waals surface area contributed by atoms with E-state index in [2.05, 4.69) is 36.2 Å². The maximum Gasteiger partial charge on any atom is 0.293 e. The number of nitro benzene ring substituents is 1. The molecule has 1 aliphatic heterocycles. The number of sulfonamides is 1. The van der Waals surface area contributed by atoms with Crippen LogP contribution in [0.4, 0.5) is 17.1 Å². The fourth-order valence-electron chi connectivity index (χ4n) is 5.75. The van der Waals surface area contributed by atoms with E-state index in [4.69, 9.17) is 0 Å². The van der Waals surface area contributed by atoms with Crippen LogP contribution in [0.15, 0.2) is 111 Å². The Morgan fingerprint density at radius 3 is 2.29 bits per heavy atom. The molecule has 1 aliphatic rings. The fraction of sp³-hybridized carbons (Fsp3) is 0.297. The molecule has 0 aliphatic carbocycles. The van der Waals surface area contributed by atoms with Crippen LogP contribution in [0.2, 0.25) is 0 Å². The lowest BCUT2D eigenvalue weighted by Gasteiger charge is -2.34. The Hall–Kier alpha value is -4.44. The average molecular weight is 810 g/mol. The van der Waals surface area contributed by atoms with Crippen LogP contribution < -0.4 is 20.3 Å². The number of hydrogen-bond acceptors (Lipinski definition) is 10. The average Bonchev–Trinajstić information content (AvgIpc) is 3.13. The van der Waals surface area contributed by atoms with E-state index in [9.17, 15) is 28.1 Å². The van der Waals surface area contributed by atoms with Gasteiger partial charge in [-0.25, -0.2) is 13.1 Å². The number of hydrogen-bond donors (Lipinski definition) is 3. The van der Waals surface area contributed by atoms with E-state index in [1.807, 2.05) is 67.5 Å². The van der Waals surface area contributed by atoms with E-state index in [0.29, 0.717) is 30.8 Å². The second-order valence-corrected chi connectivity index (χ2v) is 16.3. The summed E-state index contributed by atoms with van der Waals surface area (Å²) in [7, 11) is -0.536. The number of thioether (sulfide) groups is 1. The summed E-state index contributed by atoms with van der Waals surface area (Å²) in [6.07, 6.45) is 2.17. The molecule has 2 amide bonds. The summed E-state index contributed by atoms with van der Waals surface area (Å²) in [5.41, 5.74) is 1.35. The lowest BCUT2D eigenvalue weighted by Crippen LogP contribution is -2.44. The summed E-state index contributed by atoms with van der Waals surface area (Å²) < 4.78 is 29.3. The SMILES string of the molecule is CN(C)CCC(CSc1ccccc1)Nc1ccc(S(=O)(=O)NC(=O)c2ccc(N3CCC(NC(=O)c4ccccc4Br)CC3)cc2)cc1[N+](=O)[O-]. The summed E-state index contributed by atoms with van der Waals surface area (Å²) in [6.45, 7) is 2.12. The van der Waals surface area contributed by atoms with E-state index in [1.54, 1.807) is 30.0 Å². The number of nitro groups is 1. The Kier molecular flexibility index (Phi) is 13.3. The van der Waals surface area contributed by atoms with Gasteiger partial charge in [0.15, 0.2) is 0 Å². The van der Waals surface area contributed by atoms with E-state index >= 15 is 0 Å². The number of piperidine rings is 1. The highest BCUT2D eigenvalue weighted by atomic mass is 79.9. The van der Waals surface area contributed by atoms with Crippen molar-refractivity contribution in [1.29, 1.82) is 0 Å². The summed E-state index contributed by atoms with van der Waals surface area (Å²) >= 11 is 5.05. The Balaban J connectivity index is 1.19. The molecule has 1 saturated heterocycles. The number of carbonyl (C=O) groups excluding carboxylic acids is 2. The molecule has 0 bridgehead atoms. The zero-order valence-corrected chi connectivity index (χ0v) is 32.0. The maximum absolute atomic E-state index is 13.3. The predicted octanol–water partition coefficient (Wildman–Crippen LogP) is 6.40. The molecule has 1 atom stereocenters. The van der Waals surface area contributed by atoms with Crippen molar-refractivity contribution in [3.63, 3.8) is 0 Å². The summed E-state index contributed by atoms with van der Waals surface area (Å²) in [6, 6.07) is 27.1. The summed E-state index contributed by atoms with van der Waals surface area (Å²) in [5, 5.41) is 18.5. The van der Waals surface area contributed by atoms with Crippen LogP contribution in [0, 0.1) is 10.1 Å². The van der Waals surface area contributed by atoms with Crippen molar-refractivity contribution in [2.24, 2.45) is 0 Å². The van der Waals surface area contributed by atoms with Crippen molar-refractivity contribution < 1.29 is 22.9 Å². The van der Waals surface area contributed by atoms with Gasteiger partial charge >= 0.3 is 0 Å².